The van der Waals surface area contributed by atoms with Gasteiger partial charge in [0.2, 0.25) is 0 Å². The van der Waals surface area contributed by atoms with Gasteiger partial charge in [-0.2, -0.15) is 0 Å². The first-order valence-electron chi connectivity index (χ1n) is 6.02. The summed E-state index contributed by atoms with van der Waals surface area (Å²) in [7, 11) is 0. The van der Waals surface area contributed by atoms with Gasteiger partial charge in [0, 0.05) is 0 Å². The van der Waals surface area contributed by atoms with Crippen LogP contribution in [0.4, 0.5) is 0 Å². The molecule has 2 rings (SSSR count). The van der Waals surface area contributed by atoms with Gasteiger partial charge in [-0.1, -0.05) is 24.2 Å². The van der Waals surface area contributed by atoms with Crippen LogP contribution in [-0.2, 0) is 13.0 Å². The van der Waals surface area contributed by atoms with Gasteiger partial charge in [0.25, 0.3) is 0 Å². The number of rotatable bonds is 5. The molecule has 1 heterocycles. The van der Waals surface area contributed by atoms with E-state index in [1.54, 1.807) is 6.92 Å². The maximum Gasteiger partial charge on any atom is 0.358 e. The predicted molar refractivity (Wildman–Crippen MR) is 68.4 cm³/mol. The minimum absolute atomic E-state index is 0.0947. The quantitative estimate of drug-likeness (QED) is 0.895. The Morgan fingerprint density at radius 3 is 2.63 bits per heavy atom. The van der Waals surface area contributed by atoms with E-state index in [4.69, 9.17) is 14.4 Å². The van der Waals surface area contributed by atoms with Crippen LogP contribution in [0.25, 0.3) is 0 Å². The van der Waals surface area contributed by atoms with Crippen molar-refractivity contribution >= 4 is 5.97 Å². The number of aromatic carboxylic acids is 1. The van der Waals surface area contributed by atoms with Gasteiger partial charge in [0.1, 0.15) is 18.1 Å². The van der Waals surface area contributed by atoms with Crippen molar-refractivity contribution in [1.29, 1.82) is 0 Å². The number of carboxylic acids is 1. The fourth-order valence-corrected chi connectivity index (χ4v) is 1.71. The van der Waals surface area contributed by atoms with Crippen LogP contribution < -0.4 is 4.74 Å². The Balaban J connectivity index is 2.09. The third-order valence-electron chi connectivity index (χ3n) is 2.90. The monoisotopic (exact) mass is 261 g/mol. The molecule has 2 aromatic rings. The van der Waals surface area contributed by atoms with E-state index in [-0.39, 0.29) is 12.3 Å². The molecule has 19 heavy (non-hydrogen) atoms. The Hall–Kier alpha value is -2.30. The van der Waals surface area contributed by atoms with Crippen LogP contribution in [0.3, 0.4) is 0 Å². The molecule has 1 N–H and O–H groups in total. The summed E-state index contributed by atoms with van der Waals surface area (Å²) in [5.41, 5.74) is 1.59. The molecule has 0 saturated carbocycles. The molecular formula is C14H15NO4. The van der Waals surface area contributed by atoms with Gasteiger partial charge in [0.15, 0.2) is 5.69 Å². The molecule has 0 amide bonds. The minimum Gasteiger partial charge on any atom is -0.489 e. The van der Waals surface area contributed by atoms with E-state index in [1.807, 2.05) is 24.3 Å². The summed E-state index contributed by atoms with van der Waals surface area (Å²) in [6.45, 7) is 3.87. The van der Waals surface area contributed by atoms with Crippen molar-refractivity contribution in [3.8, 4) is 5.75 Å². The number of carbonyl (C=O) groups is 1. The number of nitrogens with zero attached hydrogens (tertiary/aromatic N) is 1. The molecule has 5 heteroatoms. The maximum absolute atomic E-state index is 11.0. The lowest BCUT2D eigenvalue weighted by Crippen LogP contribution is -2.05. The highest BCUT2D eigenvalue weighted by molar-refractivity contribution is 5.87. The Kier molecular flexibility index (Phi) is 3.85. The van der Waals surface area contributed by atoms with Crippen molar-refractivity contribution < 1.29 is 19.2 Å². The van der Waals surface area contributed by atoms with E-state index in [2.05, 4.69) is 12.1 Å². The van der Waals surface area contributed by atoms with E-state index in [1.165, 1.54) is 5.56 Å². The molecule has 0 aliphatic rings. The number of aromatic nitrogens is 1. The average molecular weight is 261 g/mol. The first-order valence-corrected chi connectivity index (χ1v) is 6.02. The van der Waals surface area contributed by atoms with Gasteiger partial charge in [-0.15, -0.1) is 0 Å². The molecule has 1 aromatic carbocycles. The third-order valence-corrected chi connectivity index (χ3v) is 2.90. The van der Waals surface area contributed by atoms with Gasteiger partial charge in [-0.3, -0.25) is 0 Å². The van der Waals surface area contributed by atoms with Crippen molar-refractivity contribution in [3.63, 3.8) is 0 Å². The van der Waals surface area contributed by atoms with Crippen LogP contribution in [0.5, 0.6) is 5.75 Å². The van der Waals surface area contributed by atoms with E-state index in [0.717, 1.165) is 6.42 Å². The van der Waals surface area contributed by atoms with Crippen molar-refractivity contribution in [2.24, 2.45) is 0 Å². The zero-order chi connectivity index (χ0) is 13.8. The number of benzene rings is 1. The summed E-state index contributed by atoms with van der Waals surface area (Å²) >= 11 is 0. The lowest BCUT2D eigenvalue weighted by atomic mass is 10.2. The second-order valence-corrected chi connectivity index (χ2v) is 4.16. The number of aryl methyl sites for hydroxylation is 2. The topological polar surface area (TPSA) is 72.6 Å². The molecule has 0 bridgehead atoms. The largest absolute Gasteiger partial charge is 0.489 e. The fraction of sp³-hybridized carbons (Fsp3) is 0.286. The minimum atomic E-state index is -1.11. The van der Waals surface area contributed by atoms with Crippen LogP contribution in [0.2, 0.25) is 0 Å². The van der Waals surface area contributed by atoms with E-state index >= 15 is 0 Å². The molecule has 5 nitrogen and oxygen atoms in total. The summed E-state index contributed by atoms with van der Waals surface area (Å²) in [5.74, 6) is 0.0356. The Labute approximate surface area is 110 Å². The van der Waals surface area contributed by atoms with Gasteiger partial charge < -0.3 is 14.4 Å². The number of hydrogen-bond acceptors (Lipinski definition) is 4. The molecular weight excluding hydrogens is 246 g/mol. The SMILES string of the molecule is CCc1ccc(OCc2c(C(=O)O)noc2C)cc1. The summed E-state index contributed by atoms with van der Waals surface area (Å²) in [6.07, 6.45) is 0.966. The lowest BCUT2D eigenvalue weighted by Gasteiger charge is -2.06. The standard InChI is InChI=1S/C14H15NO4/c1-3-10-4-6-11(7-5-10)18-8-12-9(2)19-15-13(12)14(16)17/h4-7H,3,8H2,1-2H3,(H,16,17). The van der Waals surface area contributed by atoms with Gasteiger partial charge >= 0.3 is 5.97 Å². The lowest BCUT2D eigenvalue weighted by molar-refractivity contribution is 0.0683. The van der Waals surface area contributed by atoms with Crippen LogP contribution in [0, 0.1) is 6.92 Å². The molecule has 0 unspecified atom stereocenters. The number of carboxylic acid groups (broad SMARTS) is 1. The molecule has 0 aliphatic carbocycles. The summed E-state index contributed by atoms with van der Waals surface area (Å²) in [5, 5.41) is 12.5. The van der Waals surface area contributed by atoms with Crippen molar-refractivity contribution in [3.05, 3.63) is 46.8 Å². The van der Waals surface area contributed by atoms with E-state index in [9.17, 15) is 4.79 Å². The Morgan fingerprint density at radius 1 is 1.37 bits per heavy atom. The van der Waals surface area contributed by atoms with Crippen LogP contribution >= 0.6 is 0 Å². The molecule has 0 atom stereocenters. The number of ether oxygens (including phenoxy) is 1. The second-order valence-electron chi connectivity index (χ2n) is 4.16. The zero-order valence-electron chi connectivity index (χ0n) is 10.8. The van der Waals surface area contributed by atoms with Crippen LogP contribution in [0.1, 0.15) is 34.3 Å². The summed E-state index contributed by atoms with van der Waals surface area (Å²) in [6, 6.07) is 7.69. The Morgan fingerprint density at radius 2 is 2.05 bits per heavy atom. The maximum atomic E-state index is 11.0. The smallest absolute Gasteiger partial charge is 0.358 e. The first kappa shape index (κ1) is 13.1. The summed E-state index contributed by atoms with van der Waals surface area (Å²) in [4.78, 5) is 11.0. The fourth-order valence-electron chi connectivity index (χ4n) is 1.71. The van der Waals surface area contributed by atoms with Crippen LogP contribution in [-0.4, -0.2) is 16.2 Å². The molecule has 0 fully saturated rings. The van der Waals surface area contributed by atoms with Crippen molar-refractivity contribution in [2.75, 3.05) is 0 Å². The number of hydrogen-bond donors (Lipinski definition) is 1. The molecule has 0 saturated heterocycles. The summed E-state index contributed by atoms with van der Waals surface area (Å²) < 4.78 is 10.4. The van der Waals surface area contributed by atoms with Gasteiger partial charge in [-0.25, -0.2) is 4.79 Å². The highest BCUT2D eigenvalue weighted by atomic mass is 16.5. The second kappa shape index (κ2) is 5.56. The molecule has 0 radical (unpaired) electrons. The highest BCUT2D eigenvalue weighted by Gasteiger charge is 2.19. The first-order chi connectivity index (χ1) is 9.11. The van der Waals surface area contributed by atoms with Gasteiger partial charge in [-0.05, 0) is 31.0 Å². The highest BCUT2D eigenvalue weighted by Crippen LogP contribution is 2.18. The van der Waals surface area contributed by atoms with E-state index in [0.29, 0.717) is 17.1 Å². The molecule has 0 spiro atoms. The third kappa shape index (κ3) is 2.93. The average Bonchev–Trinajstić information content (AvgIpc) is 2.78. The van der Waals surface area contributed by atoms with Crippen molar-refractivity contribution in [2.45, 2.75) is 26.9 Å². The molecule has 0 aliphatic heterocycles. The van der Waals surface area contributed by atoms with E-state index < -0.39 is 5.97 Å². The zero-order valence-corrected chi connectivity index (χ0v) is 10.8. The van der Waals surface area contributed by atoms with Crippen LogP contribution in [0.15, 0.2) is 28.8 Å². The predicted octanol–water partition coefficient (Wildman–Crippen LogP) is 2.82. The van der Waals surface area contributed by atoms with Gasteiger partial charge in [0.05, 0.1) is 5.56 Å². The molecule has 100 valence electrons. The Bertz CT molecular complexity index is 572. The van der Waals surface area contributed by atoms with Crippen molar-refractivity contribution in [1.82, 2.24) is 5.16 Å². The normalized spacial score (nSPS) is 10.4. The molecule has 1 aromatic heterocycles.